The maximum Gasteiger partial charge on any atom is 0.319 e. The molecule has 3 heterocycles. The summed E-state index contributed by atoms with van der Waals surface area (Å²) in [6.45, 7) is 1.59. The highest BCUT2D eigenvalue weighted by molar-refractivity contribution is 5.89. The van der Waals surface area contributed by atoms with Crippen molar-refractivity contribution in [3.05, 3.63) is 55.1 Å². The number of hydrogen-bond acceptors (Lipinski definition) is 6. The van der Waals surface area contributed by atoms with Crippen LogP contribution in [-0.4, -0.2) is 50.1 Å². The Bertz CT molecular complexity index is 866. The molecule has 4 rings (SSSR count). The highest BCUT2D eigenvalue weighted by atomic mass is 16.2. The number of amides is 2. The molecule has 1 aliphatic rings. The van der Waals surface area contributed by atoms with Gasteiger partial charge in [-0.1, -0.05) is 5.21 Å². The fourth-order valence-electron chi connectivity index (χ4n) is 3.13. The van der Waals surface area contributed by atoms with Crippen LogP contribution < -0.4 is 15.5 Å². The number of hydrogen-bond donors (Lipinski definition) is 2. The van der Waals surface area contributed by atoms with Crippen LogP contribution in [0.4, 0.5) is 16.4 Å². The fourth-order valence-corrected chi connectivity index (χ4v) is 3.13. The Morgan fingerprint density at radius 1 is 1.11 bits per heavy atom. The van der Waals surface area contributed by atoms with Crippen molar-refractivity contribution in [2.45, 2.75) is 18.9 Å². The van der Waals surface area contributed by atoms with Gasteiger partial charge in [0.2, 0.25) is 5.95 Å². The Hall–Kier alpha value is -3.49. The van der Waals surface area contributed by atoms with Gasteiger partial charge >= 0.3 is 6.03 Å². The summed E-state index contributed by atoms with van der Waals surface area (Å²) in [6.07, 6.45) is 8.76. The highest BCUT2D eigenvalue weighted by Crippen LogP contribution is 2.16. The summed E-state index contributed by atoms with van der Waals surface area (Å²) in [5, 5.41) is 13.6. The molecule has 1 fully saturated rings. The van der Waals surface area contributed by atoms with Crippen LogP contribution in [0.25, 0.3) is 5.69 Å². The lowest BCUT2D eigenvalue weighted by Gasteiger charge is -2.33. The van der Waals surface area contributed by atoms with Gasteiger partial charge in [-0.2, -0.15) is 0 Å². The molecular weight excluding hydrogens is 344 g/mol. The van der Waals surface area contributed by atoms with E-state index in [-0.39, 0.29) is 12.1 Å². The summed E-state index contributed by atoms with van der Waals surface area (Å²) in [5.41, 5.74) is 1.60. The quantitative estimate of drug-likeness (QED) is 0.733. The average molecular weight is 364 g/mol. The maximum atomic E-state index is 12.3. The number of urea groups is 1. The maximum absolute atomic E-state index is 12.3. The van der Waals surface area contributed by atoms with E-state index in [0.29, 0.717) is 12.5 Å². The van der Waals surface area contributed by atoms with E-state index in [4.69, 9.17) is 0 Å². The monoisotopic (exact) mass is 364 g/mol. The first-order valence-electron chi connectivity index (χ1n) is 8.84. The SMILES string of the molecule is O=C(Nc1ccc(-n2ccnn2)cc1)NC1CCCN(c2ncccn2)C1. The third kappa shape index (κ3) is 4.20. The smallest absolute Gasteiger partial charge is 0.319 e. The molecule has 27 heavy (non-hydrogen) atoms. The Labute approximate surface area is 156 Å². The first-order valence-corrected chi connectivity index (χ1v) is 8.84. The van der Waals surface area contributed by atoms with Gasteiger partial charge in [-0.3, -0.25) is 0 Å². The number of rotatable bonds is 4. The van der Waals surface area contributed by atoms with Crippen molar-refractivity contribution in [2.24, 2.45) is 0 Å². The number of aromatic nitrogens is 5. The molecule has 2 amide bonds. The predicted molar refractivity (Wildman–Crippen MR) is 101 cm³/mol. The minimum Gasteiger partial charge on any atom is -0.339 e. The molecule has 0 saturated carbocycles. The molecule has 9 heteroatoms. The molecular formula is C18H20N8O. The lowest BCUT2D eigenvalue weighted by Crippen LogP contribution is -2.49. The van der Waals surface area contributed by atoms with E-state index in [2.05, 4.69) is 35.8 Å². The van der Waals surface area contributed by atoms with E-state index in [9.17, 15) is 4.79 Å². The molecule has 1 aromatic carbocycles. The lowest BCUT2D eigenvalue weighted by molar-refractivity contribution is 0.246. The summed E-state index contributed by atoms with van der Waals surface area (Å²) in [7, 11) is 0. The molecule has 1 saturated heterocycles. The minimum atomic E-state index is -0.218. The van der Waals surface area contributed by atoms with Crippen molar-refractivity contribution in [1.82, 2.24) is 30.3 Å². The summed E-state index contributed by atoms with van der Waals surface area (Å²) in [5.74, 6) is 0.702. The van der Waals surface area contributed by atoms with Crippen LogP contribution in [0.3, 0.4) is 0 Å². The number of carbonyl (C=O) groups excluding carboxylic acids is 1. The van der Waals surface area contributed by atoms with Crippen molar-refractivity contribution < 1.29 is 4.79 Å². The first-order chi connectivity index (χ1) is 13.3. The molecule has 2 aromatic heterocycles. The van der Waals surface area contributed by atoms with Crippen LogP contribution in [0.2, 0.25) is 0 Å². The van der Waals surface area contributed by atoms with Crippen LogP contribution >= 0.6 is 0 Å². The summed E-state index contributed by atoms with van der Waals surface area (Å²) >= 11 is 0. The third-order valence-corrected chi connectivity index (χ3v) is 4.40. The van der Waals surface area contributed by atoms with Gasteiger partial charge in [-0.15, -0.1) is 5.10 Å². The van der Waals surface area contributed by atoms with E-state index in [1.54, 1.807) is 35.5 Å². The van der Waals surface area contributed by atoms with Crippen molar-refractivity contribution in [2.75, 3.05) is 23.3 Å². The van der Waals surface area contributed by atoms with Gasteiger partial charge in [0, 0.05) is 37.2 Å². The molecule has 0 spiro atoms. The summed E-state index contributed by atoms with van der Waals surface area (Å²) in [4.78, 5) is 23.0. The Morgan fingerprint density at radius 2 is 1.93 bits per heavy atom. The number of benzene rings is 1. The van der Waals surface area contributed by atoms with Gasteiger partial charge in [0.1, 0.15) is 0 Å². The average Bonchev–Trinajstić information content (AvgIpc) is 3.24. The zero-order valence-electron chi connectivity index (χ0n) is 14.7. The molecule has 1 aliphatic heterocycles. The summed E-state index contributed by atoms with van der Waals surface area (Å²) in [6, 6.07) is 9.05. The third-order valence-electron chi connectivity index (χ3n) is 4.40. The summed E-state index contributed by atoms with van der Waals surface area (Å²) < 4.78 is 1.66. The standard InChI is InChI=1S/C18H20N8O/c27-18(22-14-4-6-16(7-5-14)26-12-10-21-24-26)23-15-3-1-11-25(13-15)17-19-8-2-9-20-17/h2,4-10,12,15H,1,3,11,13H2,(H2,22,23,27). The van der Waals surface area contributed by atoms with E-state index in [0.717, 1.165) is 30.8 Å². The zero-order chi connectivity index (χ0) is 18.5. The second kappa shape index (κ2) is 7.81. The largest absolute Gasteiger partial charge is 0.339 e. The van der Waals surface area contributed by atoms with Crippen LogP contribution in [0, 0.1) is 0 Å². The Balaban J connectivity index is 1.32. The topological polar surface area (TPSA) is 101 Å². The second-order valence-corrected chi connectivity index (χ2v) is 6.33. The molecule has 0 aliphatic carbocycles. The van der Waals surface area contributed by atoms with Crippen LogP contribution in [0.1, 0.15) is 12.8 Å². The Kier molecular flexibility index (Phi) is 4.91. The fraction of sp³-hybridized carbons (Fsp3) is 0.278. The van der Waals surface area contributed by atoms with Gasteiger partial charge in [0.15, 0.2) is 0 Å². The molecule has 3 aromatic rings. The highest BCUT2D eigenvalue weighted by Gasteiger charge is 2.22. The molecule has 0 radical (unpaired) electrons. The van der Waals surface area contributed by atoms with Gasteiger partial charge in [-0.05, 0) is 43.2 Å². The van der Waals surface area contributed by atoms with Crippen LogP contribution in [-0.2, 0) is 0 Å². The van der Waals surface area contributed by atoms with Crippen molar-refractivity contribution in [3.8, 4) is 5.69 Å². The van der Waals surface area contributed by atoms with Crippen molar-refractivity contribution >= 4 is 17.7 Å². The first kappa shape index (κ1) is 17.0. The van der Waals surface area contributed by atoms with E-state index in [1.807, 2.05) is 24.3 Å². The van der Waals surface area contributed by atoms with Crippen LogP contribution in [0.15, 0.2) is 55.1 Å². The van der Waals surface area contributed by atoms with Crippen molar-refractivity contribution in [3.63, 3.8) is 0 Å². The van der Waals surface area contributed by atoms with E-state index < -0.39 is 0 Å². The normalized spacial score (nSPS) is 16.7. The minimum absolute atomic E-state index is 0.0528. The van der Waals surface area contributed by atoms with Gasteiger partial charge in [0.05, 0.1) is 18.1 Å². The predicted octanol–water partition coefficient (Wildman–Crippen LogP) is 1.85. The Morgan fingerprint density at radius 3 is 2.67 bits per heavy atom. The lowest BCUT2D eigenvalue weighted by atomic mass is 10.1. The molecule has 0 bridgehead atoms. The van der Waals surface area contributed by atoms with Crippen molar-refractivity contribution in [1.29, 1.82) is 0 Å². The van der Waals surface area contributed by atoms with E-state index in [1.165, 1.54) is 0 Å². The van der Waals surface area contributed by atoms with Gasteiger partial charge in [-0.25, -0.2) is 19.4 Å². The zero-order valence-corrected chi connectivity index (χ0v) is 14.7. The van der Waals surface area contributed by atoms with Crippen LogP contribution in [0.5, 0.6) is 0 Å². The number of anilines is 2. The molecule has 2 N–H and O–H groups in total. The second-order valence-electron chi connectivity index (χ2n) is 6.33. The number of nitrogens with one attached hydrogen (secondary N) is 2. The van der Waals surface area contributed by atoms with Gasteiger partial charge < -0.3 is 15.5 Å². The molecule has 138 valence electrons. The number of carbonyl (C=O) groups is 1. The number of nitrogens with zero attached hydrogens (tertiary/aromatic N) is 6. The molecule has 1 atom stereocenters. The molecule has 9 nitrogen and oxygen atoms in total. The van der Waals surface area contributed by atoms with Gasteiger partial charge in [0.25, 0.3) is 0 Å². The molecule has 1 unspecified atom stereocenters. The van der Waals surface area contributed by atoms with E-state index >= 15 is 0 Å². The number of piperidine rings is 1.